The molecule has 6 rings (SSSR count). The molecule has 0 saturated carbocycles. The van der Waals surface area contributed by atoms with E-state index in [1.54, 1.807) is 18.6 Å². The van der Waals surface area contributed by atoms with E-state index in [-0.39, 0.29) is 18.6 Å². The monoisotopic (exact) mass is 483 g/mol. The lowest BCUT2D eigenvalue weighted by molar-refractivity contribution is -0.120. The quantitative estimate of drug-likeness (QED) is 0.424. The van der Waals surface area contributed by atoms with E-state index in [2.05, 4.69) is 30.7 Å². The highest BCUT2D eigenvalue weighted by molar-refractivity contribution is 5.93. The van der Waals surface area contributed by atoms with Crippen LogP contribution in [0.1, 0.15) is 12.8 Å². The zero-order chi connectivity index (χ0) is 24.3. The Morgan fingerprint density at radius 3 is 2.47 bits per heavy atom. The van der Waals surface area contributed by atoms with E-state index in [9.17, 15) is 4.79 Å². The number of fused-ring (bicyclic) bond motifs is 1. The van der Waals surface area contributed by atoms with Crippen LogP contribution in [0.25, 0.3) is 5.69 Å². The van der Waals surface area contributed by atoms with Crippen molar-refractivity contribution < 1.29 is 14.3 Å². The third-order valence-corrected chi connectivity index (χ3v) is 6.42. The summed E-state index contributed by atoms with van der Waals surface area (Å²) in [5, 5.41) is 15.0. The molecule has 1 fully saturated rings. The SMILES string of the molecule is O=C(Nc1ccc2c(c1)OCO2)C1CCN(c2ccc(Nc3ccc(-n4ccnc4)cc3)nn2)CC1. The number of hydrogen-bond donors (Lipinski definition) is 2. The van der Waals surface area contributed by atoms with E-state index >= 15 is 0 Å². The summed E-state index contributed by atoms with van der Waals surface area (Å²) >= 11 is 0. The number of nitrogens with zero attached hydrogens (tertiary/aromatic N) is 5. The van der Waals surface area contributed by atoms with E-state index in [0.717, 1.165) is 48.8 Å². The Labute approximate surface area is 207 Å². The molecule has 0 unspecified atom stereocenters. The number of carbonyl (C=O) groups excluding carboxylic acids is 1. The van der Waals surface area contributed by atoms with Crippen molar-refractivity contribution >= 4 is 28.9 Å². The van der Waals surface area contributed by atoms with Gasteiger partial charge in [0.05, 0.1) is 6.33 Å². The predicted octanol–water partition coefficient (Wildman–Crippen LogP) is 3.99. The predicted molar refractivity (Wildman–Crippen MR) is 135 cm³/mol. The van der Waals surface area contributed by atoms with E-state index in [4.69, 9.17) is 9.47 Å². The summed E-state index contributed by atoms with van der Waals surface area (Å²) in [5.74, 6) is 2.82. The van der Waals surface area contributed by atoms with Gasteiger partial charge in [-0.1, -0.05) is 0 Å². The molecule has 4 aromatic rings. The van der Waals surface area contributed by atoms with Crippen molar-refractivity contribution in [3.63, 3.8) is 0 Å². The van der Waals surface area contributed by atoms with Gasteiger partial charge in [-0.05, 0) is 61.4 Å². The molecule has 36 heavy (non-hydrogen) atoms. The topological polar surface area (TPSA) is 106 Å². The second kappa shape index (κ2) is 9.57. The van der Waals surface area contributed by atoms with Crippen LogP contribution in [0.5, 0.6) is 11.5 Å². The van der Waals surface area contributed by atoms with Gasteiger partial charge in [-0.3, -0.25) is 4.79 Å². The molecule has 2 aromatic carbocycles. The van der Waals surface area contributed by atoms with Crippen molar-refractivity contribution in [3.05, 3.63) is 73.3 Å². The summed E-state index contributed by atoms with van der Waals surface area (Å²) < 4.78 is 12.7. The van der Waals surface area contributed by atoms with E-state index in [1.165, 1.54) is 0 Å². The fraction of sp³-hybridized carbons (Fsp3) is 0.231. The molecule has 0 spiro atoms. The third-order valence-electron chi connectivity index (χ3n) is 6.42. The number of benzene rings is 2. The summed E-state index contributed by atoms with van der Waals surface area (Å²) in [7, 11) is 0. The number of nitrogens with one attached hydrogen (secondary N) is 2. The van der Waals surface area contributed by atoms with Crippen molar-refractivity contribution in [2.75, 3.05) is 35.4 Å². The molecular formula is C26H25N7O3. The van der Waals surface area contributed by atoms with Crippen LogP contribution in [0.15, 0.2) is 73.3 Å². The lowest BCUT2D eigenvalue weighted by Crippen LogP contribution is -2.38. The van der Waals surface area contributed by atoms with Crippen LogP contribution in [0.3, 0.4) is 0 Å². The highest BCUT2D eigenvalue weighted by atomic mass is 16.7. The fourth-order valence-corrected chi connectivity index (χ4v) is 4.43. The van der Waals surface area contributed by atoms with E-state index < -0.39 is 0 Å². The average Bonchev–Trinajstić information content (AvgIpc) is 3.62. The molecule has 1 saturated heterocycles. The molecule has 2 aliphatic rings. The maximum atomic E-state index is 12.8. The van der Waals surface area contributed by atoms with Gasteiger partial charge in [-0.2, -0.15) is 0 Å². The first-order valence-corrected chi connectivity index (χ1v) is 11.9. The van der Waals surface area contributed by atoms with Crippen LogP contribution < -0.4 is 25.0 Å². The van der Waals surface area contributed by atoms with Crippen LogP contribution in [-0.2, 0) is 4.79 Å². The van der Waals surface area contributed by atoms with Gasteiger partial charge >= 0.3 is 0 Å². The van der Waals surface area contributed by atoms with Crippen molar-refractivity contribution in [1.29, 1.82) is 0 Å². The molecule has 182 valence electrons. The van der Waals surface area contributed by atoms with Gasteiger partial charge in [0.25, 0.3) is 0 Å². The number of aromatic nitrogens is 4. The Morgan fingerprint density at radius 2 is 1.72 bits per heavy atom. The molecule has 0 radical (unpaired) electrons. The van der Waals surface area contributed by atoms with Crippen molar-refractivity contribution in [2.45, 2.75) is 12.8 Å². The van der Waals surface area contributed by atoms with Gasteiger partial charge in [-0.15, -0.1) is 10.2 Å². The molecule has 10 heteroatoms. The first-order chi connectivity index (χ1) is 17.7. The maximum absolute atomic E-state index is 12.8. The first kappa shape index (κ1) is 21.9. The number of carbonyl (C=O) groups is 1. The molecule has 0 aliphatic carbocycles. The molecule has 2 aromatic heterocycles. The van der Waals surface area contributed by atoms with E-state index in [0.29, 0.717) is 17.3 Å². The summed E-state index contributed by atoms with van der Waals surface area (Å²) in [6.07, 6.45) is 6.92. The summed E-state index contributed by atoms with van der Waals surface area (Å²) in [4.78, 5) is 19.0. The van der Waals surface area contributed by atoms with Gasteiger partial charge in [0.15, 0.2) is 23.1 Å². The van der Waals surface area contributed by atoms with Gasteiger partial charge in [-0.25, -0.2) is 4.98 Å². The second-order valence-electron chi connectivity index (χ2n) is 8.74. The normalized spacial score (nSPS) is 15.1. The van der Waals surface area contributed by atoms with Crippen LogP contribution in [0.2, 0.25) is 0 Å². The smallest absolute Gasteiger partial charge is 0.231 e. The molecule has 4 heterocycles. The van der Waals surface area contributed by atoms with Crippen molar-refractivity contribution in [2.24, 2.45) is 5.92 Å². The molecule has 0 atom stereocenters. The number of amides is 1. The second-order valence-corrected chi connectivity index (χ2v) is 8.74. The summed E-state index contributed by atoms with van der Waals surface area (Å²) in [6.45, 7) is 1.71. The minimum Gasteiger partial charge on any atom is -0.454 e. The van der Waals surface area contributed by atoms with Crippen LogP contribution >= 0.6 is 0 Å². The van der Waals surface area contributed by atoms with Crippen LogP contribution in [0.4, 0.5) is 23.0 Å². The van der Waals surface area contributed by atoms with Crippen LogP contribution in [-0.4, -0.2) is 45.5 Å². The number of piperidine rings is 1. The highest BCUT2D eigenvalue weighted by Crippen LogP contribution is 2.34. The summed E-state index contributed by atoms with van der Waals surface area (Å²) in [6, 6.07) is 17.3. The lowest BCUT2D eigenvalue weighted by atomic mass is 9.96. The largest absolute Gasteiger partial charge is 0.454 e. The van der Waals surface area contributed by atoms with Gasteiger partial charge < -0.3 is 29.6 Å². The molecule has 10 nitrogen and oxygen atoms in total. The van der Waals surface area contributed by atoms with Crippen molar-refractivity contribution in [1.82, 2.24) is 19.7 Å². The van der Waals surface area contributed by atoms with Gasteiger partial charge in [0.2, 0.25) is 12.7 Å². The Kier molecular flexibility index (Phi) is 5.82. The zero-order valence-electron chi connectivity index (χ0n) is 19.5. The highest BCUT2D eigenvalue weighted by Gasteiger charge is 2.26. The molecule has 0 bridgehead atoms. The van der Waals surface area contributed by atoms with Gasteiger partial charge in [0, 0.05) is 54.5 Å². The third kappa shape index (κ3) is 4.65. The van der Waals surface area contributed by atoms with E-state index in [1.807, 2.05) is 59.3 Å². The zero-order valence-corrected chi connectivity index (χ0v) is 19.5. The number of hydrogen-bond acceptors (Lipinski definition) is 8. The fourth-order valence-electron chi connectivity index (χ4n) is 4.43. The molecule has 1 amide bonds. The minimum absolute atomic E-state index is 0.0261. The molecule has 2 aliphatic heterocycles. The number of rotatable bonds is 6. The Hall–Kier alpha value is -4.60. The Morgan fingerprint density at radius 1 is 0.917 bits per heavy atom. The Balaban J connectivity index is 1.01. The number of ether oxygens (including phenoxy) is 2. The van der Waals surface area contributed by atoms with Crippen molar-refractivity contribution in [3.8, 4) is 17.2 Å². The minimum atomic E-state index is -0.0501. The Bertz CT molecular complexity index is 1330. The molecular weight excluding hydrogens is 458 g/mol. The average molecular weight is 484 g/mol. The summed E-state index contributed by atoms with van der Waals surface area (Å²) in [5.41, 5.74) is 2.68. The lowest BCUT2D eigenvalue weighted by Gasteiger charge is -2.31. The van der Waals surface area contributed by atoms with Crippen LogP contribution in [0, 0.1) is 5.92 Å². The number of imidazole rings is 1. The molecule has 2 N–H and O–H groups in total. The maximum Gasteiger partial charge on any atom is 0.231 e. The first-order valence-electron chi connectivity index (χ1n) is 11.9. The van der Waals surface area contributed by atoms with Gasteiger partial charge in [0.1, 0.15) is 0 Å². The standard InChI is InChI=1S/C26H25N7O3/c34-26(29-20-3-6-22-23(15-20)36-17-35-22)18-9-12-32(13-10-18)25-8-7-24(30-31-25)28-19-1-4-21(5-2-19)33-14-11-27-16-33/h1-8,11,14-16,18H,9-10,12-13,17H2,(H,28,30)(H,29,34). The number of anilines is 4.